The highest BCUT2D eigenvalue weighted by molar-refractivity contribution is 6.06. The number of carbonyl (C=O) groups is 3. The van der Waals surface area contributed by atoms with Crippen molar-refractivity contribution < 1.29 is 19.1 Å². The van der Waals surface area contributed by atoms with Crippen molar-refractivity contribution in [1.82, 2.24) is 15.5 Å². The lowest BCUT2D eigenvalue weighted by molar-refractivity contribution is -0.142. The van der Waals surface area contributed by atoms with Gasteiger partial charge in [-0.3, -0.25) is 19.3 Å². The molecule has 8 heteroatoms. The molecule has 0 aromatic carbocycles. The molecule has 4 atom stereocenters. The SMILES string of the molecule is Cl.O=C(CCN1C(=O)C2C3CCC(O3)C2C1=O)NCCNC1CCCCCC1. The number of hydrogen-bond donors (Lipinski definition) is 2. The van der Waals surface area contributed by atoms with Gasteiger partial charge in [0.2, 0.25) is 17.7 Å². The van der Waals surface area contributed by atoms with Gasteiger partial charge in [-0.2, -0.15) is 0 Å². The zero-order chi connectivity index (χ0) is 18.8. The second kappa shape index (κ2) is 9.55. The molecule has 4 rings (SSSR count). The Bertz CT molecular complexity index is 566. The summed E-state index contributed by atoms with van der Waals surface area (Å²) in [4.78, 5) is 38.5. The van der Waals surface area contributed by atoms with Gasteiger partial charge in [0.05, 0.1) is 24.0 Å². The fourth-order valence-corrected chi connectivity index (χ4v) is 5.26. The fourth-order valence-electron chi connectivity index (χ4n) is 5.26. The molecule has 7 nitrogen and oxygen atoms in total. The molecule has 0 spiro atoms. The molecule has 4 aliphatic rings. The molecule has 28 heavy (non-hydrogen) atoms. The van der Waals surface area contributed by atoms with Crippen LogP contribution in [0.3, 0.4) is 0 Å². The van der Waals surface area contributed by atoms with E-state index in [2.05, 4.69) is 10.6 Å². The number of nitrogens with zero attached hydrogens (tertiary/aromatic N) is 1. The van der Waals surface area contributed by atoms with Crippen molar-refractivity contribution >= 4 is 30.1 Å². The van der Waals surface area contributed by atoms with Gasteiger partial charge in [0.1, 0.15) is 0 Å². The quantitative estimate of drug-likeness (QED) is 0.374. The van der Waals surface area contributed by atoms with Crippen LogP contribution in [-0.4, -0.2) is 60.5 Å². The third-order valence-electron chi connectivity index (χ3n) is 6.67. The third-order valence-corrected chi connectivity index (χ3v) is 6.67. The van der Waals surface area contributed by atoms with Gasteiger partial charge in [-0.1, -0.05) is 25.7 Å². The zero-order valence-electron chi connectivity index (χ0n) is 16.4. The standard InChI is InChI=1S/C20H31N3O4.ClH/c24-16(22-11-10-21-13-5-3-1-2-4-6-13)9-12-23-19(25)17-14-7-8-15(27-14)18(17)20(23)26;/h13-15,17-18,21H,1-12H2,(H,22,24);1H. The van der Waals surface area contributed by atoms with Crippen LogP contribution in [0.5, 0.6) is 0 Å². The normalized spacial score (nSPS) is 32.2. The summed E-state index contributed by atoms with van der Waals surface area (Å²) in [7, 11) is 0. The number of carbonyl (C=O) groups excluding carboxylic acids is 3. The van der Waals surface area contributed by atoms with Gasteiger partial charge in [-0.15, -0.1) is 12.4 Å². The maximum absolute atomic E-state index is 12.5. The number of ether oxygens (including phenoxy) is 1. The molecule has 3 heterocycles. The van der Waals surface area contributed by atoms with Crippen molar-refractivity contribution in [1.29, 1.82) is 0 Å². The van der Waals surface area contributed by atoms with Crippen molar-refractivity contribution in [3.8, 4) is 0 Å². The Kier molecular flexibility index (Phi) is 7.34. The highest BCUT2D eigenvalue weighted by Crippen LogP contribution is 2.48. The van der Waals surface area contributed by atoms with Gasteiger partial charge >= 0.3 is 0 Å². The minimum atomic E-state index is -0.303. The van der Waals surface area contributed by atoms with Crippen LogP contribution < -0.4 is 10.6 Å². The average molecular weight is 414 g/mol. The number of likely N-dealkylation sites (tertiary alicyclic amines) is 1. The Morgan fingerprint density at radius 1 is 0.929 bits per heavy atom. The highest BCUT2D eigenvalue weighted by Gasteiger charge is 2.62. The summed E-state index contributed by atoms with van der Waals surface area (Å²) >= 11 is 0. The molecule has 2 N–H and O–H groups in total. The van der Waals surface area contributed by atoms with E-state index in [1.54, 1.807) is 0 Å². The van der Waals surface area contributed by atoms with Crippen molar-refractivity contribution in [2.45, 2.75) is 76.0 Å². The number of halogens is 1. The van der Waals surface area contributed by atoms with Crippen LogP contribution in [0, 0.1) is 11.8 Å². The van der Waals surface area contributed by atoms with Crippen LogP contribution in [0.4, 0.5) is 0 Å². The van der Waals surface area contributed by atoms with E-state index in [4.69, 9.17) is 4.74 Å². The summed E-state index contributed by atoms with van der Waals surface area (Å²) in [5.41, 5.74) is 0. The summed E-state index contributed by atoms with van der Waals surface area (Å²) in [6.07, 6.45) is 9.42. The number of rotatable bonds is 7. The Hall–Kier alpha value is -1.18. The lowest BCUT2D eigenvalue weighted by Gasteiger charge is -2.18. The van der Waals surface area contributed by atoms with E-state index in [0.29, 0.717) is 12.6 Å². The van der Waals surface area contributed by atoms with Gasteiger partial charge < -0.3 is 15.4 Å². The van der Waals surface area contributed by atoms with Crippen molar-refractivity contribution in [3.05, 3.63) is 0 Å². The first kappa shape index (κ1) is 21.5. The summed E-state index contributed by atoms with van der Waals surface area (Å²) in [5, 5.41) is 6.42. The molecule has 0 radical (unpaired) electrons. The predicted octanol–water partition coefficient (Wildman–Crippen LogP) is 1.39. The van der Waals surface area contributed by atoms with Gasteiger partial charge in [-0.25, -0.2) is 0 Å². The Morgan fingerprint density at radius 3 is 2.14 bits per heavy atom. The molecular formula is C20H32ClN3O4. The molecule has 0 aromatic rings. The lowest BCUT2D eigenvalue weighted by Crippen LogP contribution is -2.39. The first-order chi connectivity index (χ1) is 13.1. The van der Waals surface area contributed by atoms with Crippen molar-refractivity contribution in [3.63, 3.8) is 0 Å². The summed E-state index contributed by atoms with van der Waals surface area (Å²) < 4.78 is 5.72. The molecule has 4 unspecified atom stereocenters. The van der Waals surface area contributed by atoms with Gasteiger partial charge in [0.15, 0.2) is 0 Å². The lowest BCUT2D eigenvalue weighted by atomic mass is 9.81. The second-order valence-corrected chi connectivity index (χ2v) is 8.41. The van der Waals surface area contributed by atoms with Gasteiger partial charge in [-0.05, 0) is 25.7 Å². The first-order valence-electron chi connectivity index (χ1n) is 10.7. The van der Waals surface area contributed by atoms with Gasteiger partial charge in [0, 0.05) is 32.1 Å². The van der Waals surface area contributed by atoms with Gasteiger partial charge in [0.25, 0.3) is 0 Å². The summed E-state index contributed by atoms with van der Waals surface area (Å²) in [6.45, 7) is 1.54. The summed E-state index contributed by atoms with van der Waals surface area (Å²) in [6, 6.07) is 0.571. The third kappa shape index (κ3) is 4.36. The molecule has 3 amide bonds. The molecule has 1 aliphatic carbocycles. The molecule has 2 bridgehead atoms. The van der Waals surface area contributed by atoms with Crippen LogP contribution in [0.15, 0.2) is 0 Å². The molecular weight excluding hydrogens is 382 g/mol. The van der Waals surface area contributed by atoms with Crippen LogP contribution in [0.25, 0.3) is 0 Å². The average Bonchev–Trinajstić information content (AvgIpc) is 3.26. The fraction of sp³-hybridized carbons (Fsp3) is 0.850. The van der Waals surface area contributed by atoms with E-state index >= 15 is 0 Å². The number of imide groups is 1. The number of nitrogens with one attached hydrogen (secondary N) is 2. The molecule has 3 saturated heterocycles. The van der Waals surface area contributed by atoms with E-state index < -0.39 is 0 Å². The minimum Gasteiger partial charge on any atom is -0.373 e. The second-order valence-electron chi connectivity index (χ2n) is 8.41. The van der Waals surface area contributed by atoms with Crippen LogP contribution in [0.1, 0.15) is 57.8 Å². The van der Waals surface area contributed by atoms with E-state index in [1.807, 2.05) is 0 Å². The number of hydrogen-bond acceptors (Lipinski definition) is 5. The predicted molar refractivity (Wildman–Crippen MR) is 106 cm³/mol. The molecule has 3 aliphatic heterocycles. The Balaban J connectivity index is 0.00000225. The molecule has 158 valence electrons. The van der Waals surface area contributed by atoms with E-state index in [-0.39, 0.29) is 67.1 Å². The number of amides is 3. The zero-order valence-corrected chi connectivity index (χ0v) is 17.2. The smallest absolute Gasteiger partial charge is 0.235 e. The first-order valence-corrected chi connectivity index (χ1v) is 10.7. The highest BCUT2D eigenvalue weighted by atomic mass is 35.5. The van der Waals surface area contributed by atoms with Crippen molar-refractivity contribution in [2.75, 3.05) is 19.6 Å². The molecule has 0 aromatic heterocycles. The Labute approximate surface area is 172 Å². The molecule has 4 fully saturated rings. The van der Waals surface area contributed by atoms with Crippen LogP contribution >= 0.6 is 12.4 Å². The van der Waals surface area contributed by atoms with E-state index in [9.17, 15) is 14.4 Å². The largest absolute Gasteiger partial charge is 0.373 e. The number of fused-ring (bicyclic) bond motifs is 5. The van der Waals surface area contributed by atoms with Crippen LogP contribution in [-0.2, 0) is 19.1 Å². The minimum absolute atomic E-state index is 0. The maximum atomic E-state index is 12.5. The molecule has 1 saturated carbocycles. The monoisotopic (exact) mass is 413 g/mol. The summed E-state index contributed by atoms with van der Waals surface area (Å²) in [5.74, 6) is -0.985. The van der Waals surface area contributed by atoms with E-state index in [0.717, 1.165) is 19.4 Å². The Morgan fingerprint density at radius 2 is 1.54 bits per heavy atom. The van der Waals surface area contributed by atoms with E-state index in [1.165, 1.54) is 43.4 Å². The topological polar surface area (TPSA) is 87.7 Å². The maximum Gasteiger partial charge on any atom is 0.235 e. The van der Waals surface area contributed by atoms with Crippen molar-refractivity contribution in [2.24, 2.45) is 11.8 Å². The van der Waals surface area contributed by atoms with Crippen LogP contribution in [0.2, 0.25) is 0 Å².